The Kier molecular flexibility index (Phi) is 10.1. The highest BCUT2D eigenvalue weighted by Gasteiger charge is 2.36. The molecule has 1 N–H and O–H groups in total. The molecule has 0 aliphatic carbocycles. The Morgan fingerprint density at radius 2 is 1.67 bits per heavy atom. The van der Waals surface area contributed by atoms with E-state index in [1.807, 2.05) is 6.08 Å². The number of unbranched alkanes of at least 4 members (excludes halogenated alkanes) is 2. The minimum atomic E-state index is -1.61. The van der Waals surface area contributed by atoms with Gasteiger partial charge in [0.05, 0.1) is 6.61 Å². The molecule has 1 amide bonds. The van der Waals surface area contributed by atoms with Gasteiger partial charge in [0.25, 0.3) is 0 Å². The van der Waals surface area contributed by atoms with Crippen molar-refractivity contribution >= 4 is 22.5 Å². The molecule has 0 aliphatic heterocycles. The van der Waals surface area contributed by atoms with E-state index in [4.69, 9.17) is 9.16 Å². The fourth-order valence-corrected chi connectivity index (χ4v) is 3.41. The molecule has 0 radical (unpaired) electrons. The molecule has 0 atom stereocenters. The van der Waals surface area contributed by atoms with Crippen LogP contribution in [0.3, 0.4) is 0 Å². The molecule has 0 aromatic rings. The highest BCUT2D eigenvalue weighted by atomic mass is 28.4. The van der Waals surface area contributed by atoms with E-state index < -0.39 is 16.4 Å². The van der Waals surface area contributed by atoms with Crippen molar-refractivity contribution in [3.05, 3.63) is 12.3 Å². The van der Waals surface area contributed by atoms with E-state index >= 15 is 0 Å². The molecule has 0 aliphatic rings. The van der Waals surface area contributed by atoms with Gasteiger partial charge < -0.3 is 9.16 Å². The van der Waals surface area contributed by atoms with Crippen LogP contribution < -0.4 is 5.32 Å². The summed E-state index contributed by atoms with van der Waals surface area (Å²) in [5, 5.41) is 2.92. The van der Waals surface area contributed by atoms with E-state index in [1.54, 1.807) is 6.20 Å². The van der Waals surface area contributed by atoms with Gasteiger partial charge in [-0.15, -0.1) is 0 Å². The third-order valence-electron chi connectivity index (χ3n) is 4.44. The second-order valence-electron chi connectivity index (χ2n) is 9.10. The molecule has 0 rings (SSSR count). The summed E-state index contributed by atoms with van der Waals surface area (Å²) in [6, 6.07) is 0.998. The van der Waals surface area contributed by atoms with Gasteiger partial charge in [-0.05, 0) is 43.4 Å². The van der Waals surface area contributed by atoms with Crippen molar-refractivity contribution in [3.63, 3.8) is 0 Å². The summed E-state index contributed by atoms with van der Waals surface area (Å²) in [6.07, 6.45) is 6.37. The summed E-state index contributed by atoms with van der Waals surface area (Å²) < 4.78 is 11.3. The Labute approximate surface area is 151 Å². The molecule has 0 unspecified atom stereocenters. The number of ether oxygens (including phenoxy) is 1. The molecule has 0 saturated carbocycles. The van der Waals surface area contributed by atoms with Crippen molar-refractivity contribution in [2.45, 2.75) is 83.9 Å². The van der Waals surface area contributed by atoms with Crippen LogP contribution in [0, 0.1) is 0 Å². The number of alkyl carbamates (subject to hydrolysis) is 1. The summed E-state index contributed by atoms with van der Waals surface area (Å²) in [5.74, 6) is 0. The normalized spacial score (nSPS) is 13.3. The van der Waals surface area contributed by atoms with E-state index in [-0.39, 0.29) is 11.1 Å². The molecule has 142 valence electrons. The Hall–Kier alpha value is -0.596. The number of amides is 1. The van der Waals surface area contributed by atoms with E-state index in [1.165, 1.54) is 0 Å². The molecule has 0 heterocycles. The van der Waals surface area contributed by atoms with E-state index in [0.29, 0.717) is 6.61 Å². The first-order valence-electron chi connectivity index (χ1n) is 9.07. The highest BCUT2D eigenvalue weighted by Crippen LogP contribution is 2.36. The Bertz CT molecular complexity index is 396. The molecule has 0 aromatic heterocycles. The van der Waals surface area contributed by atoms with Crippen molar-refractivity contribution in [3.8, 4) is 0 Å². The van der Waals surface area contributed by atoms with Crippen LogP contribution in [-0.2, 0) is 9.16 Å². The van der Waals surface area contributed by atoms with Crippen LogP contribution in [0.5, 0.6) is 0 Å². The van der Waals surface area contributed by atoms with Gasteiger partial charge in [0, 0.05) is 20.9 Å². The van der Waals surface area contributed by atoms with Gasteiger partial charge in [-0.2, -0.15) is 0 Å². The van der Waals surface area contributed by atoms with Crippen LogP contribution in [0.1, 0.15) is 40.0 Å². The van der Waals surface area contributed by atoms with Crippen molar-refractivity contribution in [2.75, 3.05) is 13.2 Å². The number of hydrogen-bond acceptors (Lipinski definition) is 3. The van der Waals surface area contributed by atoms with Crippen LogP contribution in [0.25, 0.3) is 0 Å². The number of rotatable bonds is 10. The predicted molar refractivity (Wildman–Crippen MR) is 109 cm³/mol. The van der Waals surface area contributed by atoms with Crippen molar-refractivity contribution in [2.24, 2.45) is 0 Å². The van der Waals surface area contributed by atoms with Crippen molar-refractivity contribution in [1.29, 1.82) is 0 Å². The fraction of sp³-hybridized carbons (Fsp3) is 0.833. The lowest BCUT2D eigenvalue weighted by Crippen LogP contribution is -2.40. The lowest BCUT2D eigenvalue weighted by atomic mass is 10.2. The molecule has 0 fully saturated rings. The van der Waals surface area contributed by atoms with Gasteiger partial charge in [0.15, 0.2) is 8.32 Å². The number of carbonyl (C=O) groups excluding carboxylic acids is 1. The van der Waals surface area contributed by atoms with Crippen LogP contribution in [0.15, 0.2) is 12.3 Å². The van der Waals surface area contributed by atoms with Crippen LogP contribution >= 0.6 is 0 Å². The van der Waals surface area contributed by atoms with E-state index in [0.717, 1.165) is 31.9 Å². The molecular weight excluding hydrogens is 334 g/mol. The lowest BCUT2D eigenvalue weighted by Gasteiger charge is -2.36. The Balaban J connectivity index is 3.68. The predicted octanol–water partition coefficient (Wildman–Crippen LogP) is 5.76. The first-order chi connectivity index (χ1) is 10.9. The smallest absolute Gasteiger partial charge is 0.411 e. The zero-order valence-electron chi connectivity index (χ0n) is 17.1. The number of nitrogens with one attached hydrogen (secondary N) is 1. The average Bonchev–Trinajstić information content (AvgIpc) is 2.38. The summed E-state index contributed by atoms with van der Waals surface area (Å²) in [7, 11) is -2.75. The van der Waals surface area contributed by atoms with Crippen molar-refractivity contribution < 1.29 is 14.0 Å². The maximum absolute atomic E-state index is 11.5. The molecule has 0 saturated heterocycles. The topological polar surface area (TPSA) is 47.6 Å². The quantitative estimate of drug-likeness (QED) is 0.391. The first kappa shape index (κ1) is 23.4. The van der Waals surface area contributed by atoms with Gasteiger partial charge in [-0.25, -0.2) is 4.79 Å². The number of allylic oxidation sites excluding steroid dienone is 1. The van der Waals surface area contributed by atoms with Gasteiger partial charge >= 0.3 is 6.09 Å². The van der Waals surface area contributed by atoms with Crippen LogP contribution in [0.2, 0.25) is 43.8 Å². The maximum atomic E-state index is 11.5. The fourth-order valence-electron chi connectivity index (χ4n) is 1.61. The second-order valence-corrected chi connectivity index (χ2v) is 19.5. The van der Waals surface area contributed by atoms with Crippen LogP contribution in [0.4, 0.5) is 4.79 Å². The molecule has 24 heavy (non-hydrogen) atoms. The van der Waals surface area contributed by atoms with Crippen molar-refractivity contribution in [1.82, 2.24) is 5.32 Å². The third kappa shape index (κ3) is 11.9. The van der Waals surface area contributed by atoms with Gasteiger partial charge in [0.1, 0.15) is 0 Å². The SMILES string of the molecule is CC(C)(C)[Si](C)(C)OCCCC/C=C\NC(=O)OCC[Si](C)(C)C. The summed E-state index contributed by atoms with van der Waals surface area (Å²) >= 11 is 0. The zero-order chi connectivity index (χ0) is 18.9. The van der Waals surface area contributed by atoms with E-state index in [9.17, 15) is 4.79 Å². The standard InChI is InChI=1S/C18H39NO3Si2/c1-18(2,3)24(7,8)22-14-12-10-9-11-13-19-17(20)21-15-16-23(4,5)6/h11,13H,9-10,12,14-16H2,1-8H3,(H,19,20)/b13-11-. The second kappa shape index (κ2) is 10.4. The average molecular weight is 374 g/mol. The zero-order valence-corrected chi connectivity index (χ0v) is 19.1. The highest BCUT2D eigenvalue weighted by molar-refractivity contribution is 6.76. The number of carbonyl (C=O) groups is 1. The largest absolute Gasteiger partial charge is 0.450 e. The number of hydrogen-bond donors (Lipinski definition) is 1. The van der Waals surface area contributed by atoms with Gasteiger partial charge in [-0.3, -0.25) is 5.32 Å². The van der Waals surface area contributed by atoms with E-state index in [2.05, 4.69) is 58.8 Å². The Morgan fingerprint density at radius 3 is 2.21 bits per heavy atom. The molecular formula is C18H39NO3Si2. The summed E-state index contributed by atoms with van der Waals surface area (Å²) in [6.45, 7) is 19.5. The first-order valence-corrected chi connectivity index (χ1v) is 15.7. The van der Waals surface area contributed by atoms with Gasteiger partial charge in [0.2, 0.25) is 0 Å². The molecule has 0 bridgehead atoms. The van der Waals surface area contributed by atoms with Crippen LogP contribution in [-0.4, -0.2) is 35.7 Å². The third-order valence-corrected chi connectivity index (χ3v) is 10.7. The molecule has 4 nitrogen and oxygen atoms in total. The maximum Gasteiger partial charge on any atom is 0.411 e. The molecule has 0 aromatic carbocycles. The van der Waals surface area contributed by atoms with Gasteiger partial charge in [-0.1, -0.05) is 46.5 Å². The minimum Gasteiger partial charge on any atom is -0.450 e. The Morgan fingerprint density at radius 1 is 1.04 bits per heavy atom. The monoisotopic (exact) mass is 373 g/mol. The molecule has 0 spiro atoms. The lowest BCUT2D eigenvalue weighted by molar-refractivity contribution is 0.156. The summed E-state index contributed by atoms with van der Waals surface area (Å²) in [4.78, 5) is 11.5. The molecule has 6 heteroatoms. The minimum absolute atomic E-state index is 0.270. The summed E-state index contributed by atoms with van der Waals surface area (Å²) in [5.41, 5.74) is 0.